The number of nitrogens with two attached hydrogens (primary N) is 2. The van der Waals surface area contributed by atoms with Crippen molar-refractivity contribution in [1.82, 2.24) is 0 Å². The summed E-state index contributed by atoms with van der Waals surface area (Å²) < 4.78 is 23.0. The number of sulfone groups is 1. The molecule has 1 rings (SSSR count). The molecule has 0 radical (unpaired) electrons. The fourth-order valence-corrected chi connectivity index (χ4v) is 2.42. The molecule has 122 valence electrons. The molecular weight excluding hydrogens is 316 g/mol. The molecule has 0 aliphatic carbocycles. The number of aryl methyl sites for hydroxylation is 1. The third kappa shape index (κ3) is 4.79. The van der Waals surface area contributed by atoms with E-state index in [1.165, 1.54) is 6.92 Å². The van der Waals surface area contributed by atoms with Gasteiger partial charge in [0, 0.05) is 19.4 Å². The second kappa shape index (κ2) is 7.47. The van der Waals surface area contributed by atoms with Gasteiger partial charge in [0.05, 0.1) is 10.5 Å². The average Bonchev–Trinajstić information content (AvgIpc) is 2.38. The smallest absolute Gasteiger partial charge is 0.288 e. The Morgan fingerprint density at radius 1 is 1.32 bits per heavy atom. The Bertz CT molecular complexity index is 722. The number of carbonyl (C=O) groups excluding carboxylic acids is 1. The number of amides is 1. The lowest BCUT2D eigenvalue weighted by Gasteiger charge is -2.06. The maximum absolute atomic E-state index is 11.7. The highest BCUT2D eigenvalue weighted by Crippen LogP contribution is 2.27. The number of aliphatic imine (C=N–C) groups is 1. The Morgan fingerprint density at radius 2 is 1.82 bits per heavy atom. The third-order valence-electron chi connectivity index (χ3n) is 2.36. The van der Waals surface area contributed by atoms with Gasteiger partial charge in [-0.05, 0) is 18.6 Å². The Morgan fingerprint density at radius 3 is 2.18 bits per heavy atom. The Labute approximate surface area is 126 Å². The highest BCUT2D eigenvalue weighted by molar-refractivity contribution is 7.90. The molecule has 0 atom stereocenters. The number of hydrogen-bond donors (Lipinski definition) is 3. The van der Waals surface area contributed by atoms with Crippen LogP contribution in [0.4, 0.5) is 5.69 Å². The first kappa shape index (κ1) is 19.5. The van der Waals surface area contributed by atoms with E-state index in [0.29, 0.717) is 0 Å². The minimum Gasteiger partial charge on any atom is -0.400 e. The van der Waals surface area contributed by atoms with Gasteiger partial charge in [-0.1, -0.05) is 0 Å². The zero-order chi connectivity index (χ0) is 17.7. The largest absolute Gasteiger partial charge is 0.400 e. The van der Waals surface area contributed by atoms with Crippen molar-refractivity contribution >= 4 is 27.4 Å². The summed E-state index contributed by atoms with van der Waals surface area (Å²) in [5.74, 6) is -1.38. The molecule has 11 heteroatoms. The highest BCUT2D eigenvalue weighted by Gasteiger charge is 2.25. The van der Waals surface area contributed by atoms with E-state index >= 15 is 0 Å². The van der Waals surface area contributed by atoms with Crippen LogP contribution < -0.4 is 11.5 Å². The molecule has 10 nitrogen and oxygen atoms in total. The van der Waals surface area contributed by atoms with Crippen LogP contribution in [0.15, 0.2) is 22.0 Å². The first-order valence-corrected chi connectivity index (χ1v) is 7.51. The molecule has 0 bridgehead atoms. The van der Waals surface area contributed by atoms with E-state index < -0.39 is 37.2 Å². The lowest BCUT2D eigenvalue weighted by atomic mass is 10.1. The van der Waals surface area contributed by atoms with Crippen molar-refractivity contribution in [3.05, 3.63) is 33.4 Å². The lowest BCUT2D eigenvalue weighted by Crippen LogP contribution is -2.24. The van der Waals surface area contributed by atoms with E-state index in [4.69, 9.17) is 16.6 Å². The van der Waals surface area contributed by atoms with Crippen molar-refractivity contribution in [2.75, 3.05) is 13.4 Å². The van der Waals surface area contributed by atoms with Gasteiger partial charge in [-0.15, -0.1) is 0 Å². The number of hydrogen-bond acceptors (Lipinski definition) is 6. The monoisotopic (exact) mass is 332 g/mol. The van der Waals surface area contributed by atoms with E-state index in [0.717, 1.165) is 25.5 Å². The standard InChI is InChI=1S/C10H12N4O5S.CH4O/c1-5-3-8(20(2,18)19)7(14(16)17)4-6(5)9(15)13-10(11)12;1-2/h3-4H,1-2H3,(H4,11,12,13,15);2H,1H3. The van der Waals surface area contributed by atoms with Crippen LogP contribution in [-0.2, 0) is 9.84 Å². The minimum atomic E-state index is -3.80. The summed E-state index contributed by atoms with van der Waals surface area (Å²) in [6.45, 7) is 1.42. The summed E-state index contributed by atoms with van der Waals surface area (Å²) in [7, 11) is -2.80. The number of benzene rings is 1. The second-order valence-corrected chi connectivity index (χ2v) is 5.99. The molecule has 0 fully saturated rings. The quantitative estimate of drug-likeness (QED) is 0.282. The number of rotatable bonds is 3. The number of nitrogens with zero attached hydrogens (tertiary/aromatic N) is 2. The van der Waals surface area contributed by atoms with Gasteiger partial charge in [-0.3, -0.25) is 14.9 Å². The summed E-state index contributed by atoms with van der Waals surface area (Å²) in [5, 5.41) is 17.9. The fraction of sp³-hybridized carbons (Fsp3) is 0.273. The molecule has 0 saturated carbocycles. The van der Waals surface area contributed by atoms with Crippen LogP contribution in [0.25, 0.3) is 0 Å². The molecule has 1 aromatic rings. The molecular formula is C11H16N4O6S. The van der Waals surface area contributed by atoms with E-state index in [1.54, 1.807) is 0 Å². The zero-order valence-electron chi connectivity index (χ0n) is 12.1. The van der Waals surface area contributed by atoms with E-state index in [9.17, 15) is 23.3 Å². The van der Waals surface area contributed by atoms with Gasteiger partial charge in [0.15, 0.2) is 15.8 Å². The number of aliphatic hydroxyl groups excluding tert-OH is 1. The molecule has 22 heavy (non-hydrogen) atoms. The number of guanidine groups is 1. The summed E-state index contributed by atoms with van der Waals surface area (Å²) in [4.78, 5) is 24.5. The van der Waals surface area contributed by atoms with Gasteiger partial charge >= 0.3 is 0 Å². The zero-order valence-corrected chi connectivity index (χ0v) is 12.9. The van der Waals surface area contributed by atoms with Gasteiger partial charge in [0.2, 0.25) is 0 Å². The molecule has 0 aliphatic heterocycles. The molecule has 0 aliphatic rings. The van der Waals surface area contributed by atoms with Crippen LogP contribution >= 0.6 is 0 Å². The number of aliphatic hydroxyl groups is 1. The molecule has 0 heterocycles. The van der Waals surface area contributed by atoms with Crippen molar-refractivity contribution < 1.29 is 23.2 Å². The van der Waals surface area contributed by atoms with Crippen LogP contribution in [0.5, 0.6) is 0 Å². The summed E-state index contributed by atoms with van der Waals surface area (Å²) >= 11 is 0. The van der Waals surface area contributed by atoms with Crippen molar-refractivity contribution in [3.63, 3.8) is 0 Å². The SMILES string of the molecule is CO.Cc1cc(S(C)(=O)=O)c([N+](=O)[O-])cc1C(=O)N=C(N)N. The van der Waals surface area contributed by atoms with Crippen LogP contribution in [0.2, 0.25) is 0 Å². The van der Waals surface area contributed by atoms with Crippen molar-refractivity contribution in [1.29, 1.82) is 0 Å². The molecule has 1 aromatic carbocycles. The van der Waals surface area contributed by atoms with Gasteiger partial charge in [0.25, 0.3) is 11.6 Å². The van der Waals surface area contributed by atoms with Crippen LogP contribution in [0.3, 0.4) is 0 Å². The molecule has 0 aromatic heterocycles. The Balaban J connectivity index is 0.00000211. The molecule has 0 unspecified atom stereocenters. The third-order valence-corrected chi connectivity index (χ3v) is 3.49. The van der Waals surface area contributed by atoms with Gasteiger partial charge in [-0.25, -0.2) is 8.42 Å². The summed E-state index contributed by atoms with van der Waals surface area (Å²) in [5.41, 5.74) is 9.48. The fourth-order valence-electron chi connectivity index (χ4n) is 1.52. The van der Waals surface area contributed by atoms with Crippen LogP contribution in [0, 0.1) is 17.0 Å². The van der Waals surface area contributed by atoms with Crippen LogP contribution in [-0.4, -0.2) is 43.7 Å². The molecule has 5 N–H and O–H groups in total. The number of nitro benzene ring substituents is 1. The molecule has 0 saturated heterocycles. The minimum absolute atomic E-state index is 0.141. The first-order valence-electron chi connectivity index (χ1n) is 5.62. The second-order valence-electron chi connectivity index (χ2n) is 4.01. The van der Waals surface area contributed by atoms with Crippen molar-refractivity contribution in [2.24, 2.45) is 16.5 Å². The molecule has 1 amide bonds. The predicted molar refractivity (Wildman–Crippen MR) is 79.2 cm³/mol. The normalized spacial score (nSPS) is 10.2. The summed E-state index contributed by atoms with van der Waals surface area (Å²) in [6, 6.07) is 1.89. The Kier molecular flexibility index (Phi) is 6.61. The number of carbonyl (C=O) groups is 1. The van der Waals surface area contributed by atoms with E-state index in [-0.39, 0.29) is 11.1 Å². The predicted octanol–water partition coefficient (Wildman–Crippen LogP) is -0.671. The maximum Gasteiger partial charge on any atom is 0.288 e. The van der Waals surface area contributed by atoms with Gasteiger partial charge < -0.3 is 16.6 Å². The van der Waals surface area contributed by atoms with E-state index in [1.807, 2.05) is 0 Å². The van der Waals surface area contributed by atoms with Gasteiger partial charge in [-0.2, -0.15) is 4.99 Å². The van der Waals surface area contributed by atoms with Crippen molar-refractivity contribution in [3.8, 4) is 0 Å². The van der Waals surface area contributed by atoms with Crippen LogP contribution in [0.1, 0.15) is 15.9 Å². The highest BCUT2D eigenvalue weighted by atomic mass is 32.2. The van der Waals surface area contributed by atoms with Gasteiger partial charge in [0.1, 0.15) is 4.90 Å². The average molecular weight is 332 g/mol. The lowest BCUT2D eigenvalue weighted by molar-refractivity contribution is -0.387. The van der Waals surface area contributed by atoms with Crippen molar-refractivity contribution in [2.45, 2.75) is 11.8 Å². The first-order chi connectivity index (χ1) is 10.0. The Hall–Kier alpha value is -2.53. The van der Waals surface area contributed by atoms with E-state index in [2.05, 4.69) is 4.99 Å². The molecule has 0 spiro atoms. The summed E-state index contributed by atoms with van der Waals surface area (Å²) in [6.07, 6.45) is 0.840. The topological polar surface area (TPSA) is 179 Å². The maximum atomic E-state index is 11.7. The number of nitro groups is 1.